The molecule has 0 atom stereocenters. The third-order valence-electron chi connectivity index (χ3n) is 2.29. The molecule has 0 spiro atoms. The molecule has 0 fully saturated rings. The van der Waals surface area contributed by atoms with Gasteiger partial charge in [0, 0.05) is 34.3 Å². The van der Waals surface area contributed by atoms with Crippen LogP contribution in [0, 0.1) is 6.92 Å². The Morgan fingerprint density at radius 3 is 1.63 bits per heavy atom. The van der Waals surface area contributed by atoms with Crippen LogP contribution >= 0.6 is 11.3 Å². The van der Waals surface area contributed by atoms with Gasteiger partial charge in [-0.15, -0.1) is 0 Å². The summed E-state index contributed by atoms with van der Waals surface area (Å²) in [5, 5.41) is 1.99. The summed E-state index contributed by atoms with van der Waals surface area (Å²) in [5.41, 5.74) is 0.957. The van der Waals surface area contributed by atoms with Gasteiger partial charge < -0.3 is 14.0 Å². The van der Waals surface area contributed by atoms with Crippen LogP contribution in [-0.4, -0.2) is 30.1 Å². The summed E-state index contributed by atoms with van der Waals surface area (Å²) in [5.74, 6) is 0. The van der Waals surface area contributed by atoms with Crippen molar-refractivity contribution in [1.82, 2.24) is 4.98 Å². The third kappa shape index (κ3) is 4.87. The minimum atomic E-state index is -1.99. The second kappa shape index (κ2) is 6.84. The molecule has 0 saturated carbocycles. The molecule has 1 aromatic heterocycles. The normalized spacial score (nSPS) is 12.9. The maximum atomic E-state index is 6.02. The van der Waals surface area contributed by atoms with E-state index in [4.69, 9.17) is 14.0 Å². The fraction of sp³-hybridized carbons (Fsp3) is 0.769. The molecule has 0 aliphatic carbocycles. The van der Waals surface area contributed by atoms with Gasteiger partial charge in [-0.05, 0) is 48.5 Å². The summed E-state index contributed by atoms with van der Waals surface area (Å²) >= 11 is 1.52. The summed E-state index contributed by atoms with van der Waals surface area (Å²) in [6, 6.07) is 0. The minimum Gasteiger partial charge on any atom is -0.537 e. The van der Waals surface area contributed by atoms with Crippen LogP contribution in [0.4, 0.5) is 0 Å². The van der Waals surface area contributed by atoms with E-state index < -0.39 is 6.75 Å². The van der Waals surface area contributed by atoms with Gasteiger partial charge in [0.15, 0.2) is 0 Å². The summed E-state index contributed by atoms with van der Waals surface area (Å²) in [6.07, 6.45) is 0.00474. The van der Waals surface area contributed by atoms with E-state index in [1.165, 1.54) is 11.3 Å². The molecule has 0 aliphatic rings. The average molecular weight is 286 g/mol. The van der Waals surface area contributed by atoms with Crippen molar-refractivity contribution in [2.45, 2.75) is 66.8 Å². The first-order valence-corrected chi connectivity index (χ1v) is 7.72. The Morgan fingerprint density at radius 2 is 1.37 bits per heavy atom. The Labute approximate surface area is 120 Å². The fourth-order valence-corrected chi connectivity index (χ4v) is 2.75. The van der Waals surface area contributed by atoms with Crippen LogP contribution in [0.25, 0.3) is 0 Å². The van der Waals surface area contributed by atoms with Crippen molar-refractivity contribution in [2.75, 3.05) is 0 Å². The molecule has 0 unspecified atom stereocenters. The van der Waals surface area contributed by atoms with Gasteiger partial charge in [-0.25, -0.2) is 0 Å². The highest BCUT2D eigenvalue weighted by molar-refractivity contribution is 7.22. The third-order valence-corrected chi connectivity index (χ3v) is 3.37. The smallest absolute Gasteiger partial charge is 0.438 e. The lowest BCUT2D eigenvalue weighted by Gasteiger charge is -2.44. The van der Waals surface area contributed by atoms with Crippen molar-refractivity contribution in [1.29, 1.82) is 0 Å². The topological polar surface area (TPSA) is 40.6 Å². The molecule has 0 aliphatic heterocycles. The monoisotopic (exact) mass is 286 g/mol. The first kappa shape index (κ1) is 16.6. The molecular formula is C13H25BNO3S-. The zero-order valence-electron chi connectivity index (χ0n) is 13.0. The molecule has 19 heavy (non-hydrogen) atoms. The van der Waals surface area contributed by atoms with Crippen LogP contribution in [0.1, 0.15) is 47.2 Å². The van der Waals surface area contributed by atoms with Crippen LogP contribution in [0.5, 0.6) is 0 Å². The number of nitrogens with zero attached hydrogens (tertiary/aromatic N) is 1. The molecule has 0 amide bonds. The van der Waals surface area contributed by atoms with Gasteiger partial charge in [0.2, 0.25) is 0 Å². The summed E-state index contributed by atoms with van der Waals surface area (Å²) in [6.45, 7) is 11.8. The summed E-state index contributed by atoms with van der Waals surface area (Å²) in [7, 11) is 0. The maximum Gasteiger partial charge on any atom is 0.438 e. The Bertz CT molecular complexity index is 366. The molecule has 0 bridgehead atoms. The second-order valence-electron chi connectivity index (χ2n) is 5.52. The molecule has 1 rings (SSSR count). The molecule has 0 saturated heterocycles. The summed E-state index contributed by atoms with van der Waals surface area (Å²) in [4.78, 5) is 5.29. The minimum absolute atomic E-state index is 0.00158. The largest absolute Gasteiger partial charge is 0.537 e. The van der Waals surface area contributed by atoms with E-state index in [0.717, 1.165) is 10.6 Å². The highest BCUT2D eigenvalue weighted by atomic mass is 32.1. The molecule has 0 aromatic carbocycles. The highest BCUT2D eigenvalue weighted by Gasteiger charge is 2.37. The average Bonchev–Trinajstić information content (AvgIpc) is 2.61. The lowest BCUT2D eigenvalue weighted by atomic mass is 9.77. The van der Waals surface area contributed by atoms with Crippen molar-refractivity contribution < 1.29 is 14.0 Å². The SMILES string of the molecule is Cc1csc([B-](OC(C)C)(OC(C)C)OC(C)C)n1. The van der Waals surface area contributed by atoms with Gasteiger partial charge in [-0.3, -0.25) is 4.98 Å². The fourth-order valence-electron chi connectivity index (χ4n) is 1.88. The Hall–Kier alpha value is -0.425. The first-order chi connectivity index (χ1) is 8.75. The predicted molar refractivity (Wildman–Crippen MR) is 80.9 cm³/mol. The van der Waals surface area contributed by atoms with Crippen molar-refractivity contribution in [3.8, 4) is 0 Å². The lowest BCUT2D eigenvalue weighted by Crippen LogP contribution is -2.60. The zero-order chi connectivity index (χ0) is 14.6. The number of thiazole rings is 1. The Kier molecular flexibility index (Phi) is 5.98. The van der Waals surface area contributed by atoms with E-state index in [1.807, 2.05) is 53.8 Å². The number of aromatic nitrogens is 1. The molecular weight excluding hydrogens is 261 g/mol. The van der Waals surface area contributed by atoms with E-state index >= 15 is 0 Å². The van der Waals surface area contributed by atoms with E-state index in [0.29, 0.717) is 0 Å². The predicted octanol–water partition coefficient (Wildman–Crippen LogP) is 2.87. The van der Waals surface area contributed by atoms with Gasteiger partial charge in [-0.1, -0.05) is 0 Å². The molecule has 0 radical (unpaired) electrons. The number of hydrogen-bond donors (Lipinski definition) is 0. The van der Waals surface area contributed by atoms with Crippen LogP contribution in [-0.2, 0) is 14.0 Å². The van der Waals surface area contributed by atoms with Gasteiger partial charge in [0.25, 0.3) is 0 Å². The first-order valence-electron chi connectivity index (χ1n) is 6.84. The van der Waals surface area contributed by atoms with Gasteiger partial charge in [0.05, 0.1) is 0 Å². The Balaban J connectivity index is 3.16. The van der Waals surface area contributed by atoms with Gasteiger partial charge in [-0.2, -0.15) is 11.3 Å². The van der Waals surface area contributed by atoms with Crippen LogP contribution in [0.15, 0.2) is 5.38 Å². The number of rotatable bonds is 7. The summed E-state index contributed by atoms with van der Waals surface area (Å²) < 4.78 is 18.1. The van der Waals surface area contributed by atoms with E-state index in [-0.39, 0.29) is 18.3 Å². The van der Waals surface area contributed by atoms with Gasteiger partial charge >= 0.3 is 6.75 Å². The molecule has 6 heteroatoms. The standard InChI is InChI=1S/C13H25BNO3S/c1-9(2)16-14(17-10(3)4,18-11(5)6)13-15-12(7)8-19-13/h8-11H,1-7H3/q-1. The van der Waals surface area contributed by atoms with Crippen LogP contribution < -0.4 is 4.91 Å². The second-order valence-corrected chi connectivity index (χ2v) is 6.41. The van der Waals surface area contributed by atoms with Crippen molar-refractivity contribution in [3.63, 3.8) is 0 Å². The number of hydrogen-bond acceptors (Lipinski definition) is 5. The van der Waals surface area contributed by atoms with Crippen molar-refractivity contribution in [2.24, 2.45) is 0 Å². The van der Waals surface area contributed by atoms with Crippen molar-refractivity contribution in [3.05, 3.63) is 11.1 Å². The quantitative estimate of drug-likeness (QED) is 0.723. The maximum absolute atomic E-state index is 6.02. The van der Waals surface area contributed by atoms with Gasteiger partial charge in [0.1, 0.15) is 0 Å². The van der Waals surface area contributed by atoms with Crippen LogP contribution in [0.3, 0.4) is 0 Å². The molecule has 1 aromatic rings. The van der Waals surface area contributed by atoms with E-state index in [9.17, 15) is 0 Å². The zero-order valence-corrected chi connectivity index (χ0v) is 13.8. The molecule has 110 valence electrons. The van der Waals surface area contributed by atoms with E-state index in [2.05, 4.69) is 4.98 Å². The molecule has 1 heterocycles. The number of aryl methyl sites for hydroxylation is 1. The van der Waals surface area contributed by atoms with E-state index in [1.54, 1.807) is 0 Å². The van der Waals surface area contributed by atoms with Crippen molar-refractivity contribution >= 4 is 23.0 Å². The van der Waals surface area contributed by atoms with Crippen LogP contribution in [0.2, 0.25) is 0 Å². The molecule has 4 nitrogen and oxygen atoms in total. The molecule has 0 N–H and O–H groups in total. The Morgan fingerprint density at radius 1 is 0.947 bits per heavy atom. The highest BCUT2D eigenvalue weighted by Crippen LogP contribution is 2.19. The lowest BCUT2D eigenvalue weighted by molar-refractivity contribution is 0.0153.